The molecule has 1 aromatic heterocycles. The van der Waals surface area contributed by atoms with Crippen molar-refractivity contribution in [3.05, 3.63) is 68.4 Å². The molecule has 3 rings (SSSR count). The number of carbonyl (C=O) groups excluding carboxylic acids is 1. The molecule has 0 aliphatic heterocycles. The van der Waals surface area contributed by atoms with Gasteiger partial charge in [-0.2, -0.15) is 0 Å². The largest absolute Gasteiger partial charge is 0.462 e. The molecule has 0 saturated heterocycles. The highest BCUT2D eigenvalue weighted by Crippen LogP contribution is 2.40. The van der Waals surface area contributed by atoms with E-state index in [-0.39, 0.29) is 5.97 Å². The Morgan fingerprint density at radius 3 is 2.52 bits per heavy atom. The first-order chi connectivity index (χ1) is 12.0. The summed E-state index contributed by atoms with van der Waals surface area (Å²) in [6.07, 6.45) is 0. The van der Waals surface area contributed by atoms with Crippen LogP contribution in [0.5, 0.6) is 0 Å². The van der Waals surface area contributed by atoms with Gasteiger partial charge in [0.25, 0.3) is 0 Å². The molecule has 0 amide bonds. The number of halogens is 2. The van der Waals surface area contributed by atoms with Gasteiger partial charge in [0.15, 0.2) is 0 Å². The molecule has 0 spiro atoms. The number of esters is 1. The summed E-state index contributed by atoms with van der Waals surface area (Å²) < 4.78 is 12.3. The van der Waals surface area contributed by atoms with Crippen LogP contribution in [0.15, 0.2) is 52.9 Å². The second-order valence-corrected chi connectivity index (χ2v) is 7.16. The predicted octanol–water partition coefficient (Wildman–Crippen LogP) is 6.36. The third-order valence-corrected chi connectivity index (χ3v) is 4.71. The van der Waals surface area contributed by atoms with Crippen LogP contribution in [0.2, 0.25) is 5.02 Å². The molecule has 25 heavy (non-hydrogen) atoms. The summed E-state index contributed by atoms with van der Waals surface area (Å²) in [5.74, 6) is 0.800. The minimum absolute atomic E-state index is 0.311. The highest BCUT2D eigenvalue weighted by Gasteiger charge is 2.26. The van der Waals surface area contributed by atoms with E-state index in [1.54, 1.807) is 26.0 Å². The molecule has 0 fully saturated rings. The zero-order valence-corrected chi connectivity index (χ0v) is 16.7. The predicted molar refractivity (Wildman–Crippen MR) is 108 cm³/mol. The van der Waals surface area contributed by atoms with Gasteiger partial charge in [0, 0.05) is 19.7 Å². The standard InChI is InChI=1S/C20H16ClIO3/c1-3-24-20(23)17-12(2)25-19(13-7-9-15(21)10-8-13)18(17)14-5-4-6-16(22)11-14/h4-11H,3H2,1-2H3. The molecule has 2 aromatic carbocycles. The van der Waals surface area contributed by atoms with E-state index in [0.29, 0.717) is 28.7 Å². The molecule has 1 heterocycles. The molecule has 3 nitrogen and oxygen atoms in total. The van der Waals surface area contributed by atoms with Crippen LogP contribution in [-0.2, 0) is 4.74 Å². The van der Waals surface area contributed by atoms with Crippen LogP contribution in [0.4, 0.5) is 0 Å². The van der Waals surface area contributed by atoms with Gasteiger partial charge < -0.3 is 9.15 Å². The molecular weight excluding hydrogens is 451 g/mol. The van der Waals surface area contributed by atoms with Crippen molar-refractivity contribution >= 4 is 40.2 Å². The van der Waals surface area contributed by atoms with Gasteiger partial charge >= 0.3 is 5.97 Å². The maximum atomic E-state index is 12.5. The number of hydrogen-bond donors (Lipinski definition) is 0. The summed E-state index contributed by atoms with van der Waals surface area (Å²) in [4.78, 5) is 12.5. The number of carbonyl (C=O) groups is 1. The molecule has 0 unspecified atom stereocenters. The second kappa shape index (κ2) is 7.62. The van der Waals surface area contributed by atoms with Gasteiger partial charge in [0.2, 0.25) is 0 Å². The summed E-state index contributed by atoms with van der Waals surface area (Å²) in [5.41, 5.74) is 2.99. The van der Waals surface area contributed by atoms with Crippen molar-refractivity contribution < 1.29 is 13.9 Å². The Bertz CT molecular complexity index is 913. The van der Waals surface area contributed by atoms with E-state index in [4.69, 9.17) is 20.8 Å². The summed E-state index contributed by atoms with van der Waals surface area (Å²) >= 11 is 8.25. The van der Waals surface area contributed by atoms with Gasteiger partial charge in [-0.15, -0.1) is 0 Å². The summed E-state index contributed by atoms with van der Waals surface area (Å²) in [7, 11) is 0. The van der Waals surface area contributed by atoms with Crippen LogP contribution >= 0.6 is 34.2 Å². The Labute approximate surface area is 165 Å². The molecule has 0 aliphatic carbocycles. The minimum Gasteiger partial charge on any atom is -0.462 e. The lowest BCUT2D eigenvalue weighted by Gasteiger charge is -2.07. The minimum atomic E-state index is -0.377. The Balaban J connectivity index is 2.27. The van der Waals surface area contributed by atoms with Gasteiger partial charge in [0.1, 0.15) is 17.1 Å². The molecule has 128 valence electrons. The summed E-state index contributed by atoms with van der Waals surface area (Å²) in [6.45, 7) is 3.88. The lowest BCUT2D eigenvalue weighted by Crippen LogP contribution is -2.06. The first-order valence-electron chi connectivity index (χ1n) is 7.83. The number of ether oxygens (including phenoxy) is 1. The number of rotatable bonds is 4. The van der Waals surface area contributed by atoms with Crippen molar-refractivity contribution in [3.63, 3.8) is 0 Å². The number of furan rings is 1. The molecule has 0 aliphatic rings. The maximum Gasteiger partial charge on any atom is 0.342 e. The number of hydrogen-bond acceptors (Lipinski definition) is 3. The zero-order chi connectivity index (χ0) is 18.0. The average molecular weight is 467 g/mol. The third kappa shape index (κ3) is 3.75. The molecule has 0 saturated carbocycles. The van der Waals surface area contributed by atoms with E-state index in [2.05, 4.69) is 22.6 Å². The van der Waals surface area contributed by atoms with Crippen LogP contribution in [0.3, 0.4) is 0 Å². The maximum absolute atomic E-state index is 12.5. The van der Waals surface area contributed by atoms with Gasteiger partial charge in [-0.05, 0) is 78.4 Å². The molecule has 0 bridgehead atoms. The topological polar surface area (TPSA) is 39.4 Å². The van der Waals surface area contributed by atoms with Crippen molar-refractivity contribution in [1.29, 1.82) is 0 Å². The quantitative estimate of drug-likeness (QED) is 0.332. The van der Waals surface area contributed by atoms with Crippen molar-refractivity contribution in [2.24, 2.45) is 0 Å². The molecule has 3 aromatic rings. The van der Waals surface area contributed by atoms with Crippen LogP contribution in [0, 0.1) is 10.5 Å². The first-order valence-corrected chi connectivity index (χ1v) is 9.29. The zero-order valence-electron chi connectivity index (χ0n) is 13.8. The van der Waals surface area contributed by atoms with Crippen LogP contribution < -0.4 is 0 Å². The molecule has 5 heteroatoms. The second-order valence-electron chi connectivity index (χ2n) is 5.48. The van der Waals surface area contributed by atoms with Gasteiger partial charge in [-0.25, -0.2) is 4.79 Å². The number of aryl methyl sites for hydroxylation is 1. The molecule has 0 radical (unpaired) electrons. The number of benzene rings is 2. The van der Waals surface area contributed by atoms with Crippen LogP contribution in [0.1, 0.15) is 23.0 Å². The summed E-state index contributed by atoms with van der Waals surface area (Å²) in [5, 5.41) is 0.647. The normalized spacial score (nSPS) is 10.7. The average Bonchev–Trinajstić information content (AvgIpc) is 2.93. The molecular formula is C20H16ClIO3. The van der Waals surface area contributed by atoms with Crippen molar-refractivity contribution in [2.45, 2.75) is 13.8 Å². The lowest BCUT2D eigenvalue weighted by molar-refractivity contribution is 0.0525. The van der Waals surface area contributed by atoms with E-state index in [9.17, 15) is 4.79 Å². The smallest absolute Gasteiger partial charge is 0.342 e. The third-order valence-electron chi connectivity index (χ3n) is 3.78. The highest BCUT2D eigenvalue weighted by atomic mass is 127. The van der Waals surface area contributed by atoms with Gasteiger partial charge in [-0.3, -0.25) is 0 Å². The van der Waals surface area contributed by atoms with Crippen LogP contribution in [0.25, 0.3) is 22.5 Å². The van der Waals surface area contributed by atoms with Crippen molar-refractivity contribution in [2.75, 3.05) is 6.61 Å². The molecule has 0 N–H and O–H groups in total. The SMILES string of the molecule is CCOC(=O)c1c(C)oc(-c2ccc(Cl)cc2)c1-c1cccc(I)c1. The Hall–Kier alpha value is -1.79. The van der Waals surface area contributed by atoms with E-state index in [1.165, 1.54) is 0 Å². The van der Waals surface area contributed by atoms with E-state index >= 15 is 0 Å². The fraction of sp³-hybridized carbons (Fsp3) is 0.150. The Morgan fingerprint density at radius 2 is 1.88 bits per heavy atom. The molecule has 0 atom stereocenters. The fourth-order valence-corrected chi connectivity index (χ4v) is 3.39. The summed E-state index contributed by atoms with van der Waals surface area (Å²) in [6, 6.07) is 15.3. The Kier molecular flexibility index (Phi) is 5.49. The lowest BCUT2D eigenvalue weighted by atomic mass is 9.97. The van der Waals surface area contributed by atoms with Crippen LogP contribution in [-0.4, -0.2) is 12.6 Å². The van der Waals surface area contributed by atoms with Crippen molar-refractivity contribution in [3.8, 4) is 22.5 Å². The van der Waals surface area contributed by atoms with Gasteiger partial charge in [-0.1, -0.05) is 23.7 Å². The van der Waals surface area contributed by atoms with Crippen molar-refractivity contribution in [1.82, 2.24) is 0 Å². The van der Waals surface area contributed by atoms with E-state index in [1.807, 2.05) is 36.4 Å². The van der Waals surface area contributed by atoms with Gasteiger partial charge in [0.05, 0.1) is 6.61 Å². The van der Waals surface area contributed by atoms with E-state index < -0.39 is 0 Å². The van der Waals surface area contributed by atoms with E-state index in [0.717, 1.165) is 20.3 Å². The first kappa shape index (κ1) is 18.0. The monoisotopic (exact) mass is 466 g/mol. The fourth-order valence-electron chi connectivity index (χ4n) is 2.72. The highest BCUT2D eigenvalue weighted by molar-refractivity contribution is 14.1. The Morgan fingerprint density at radius 1 is 1.16 bits per heavy atom.